The molecule has 3 aromatic carbocycles. The predicted octanol–water partition coefficient (Wildman–Crippen LogP) is 4.79. The maximum absolute atomic E-state index is 13.0. The molecule has 0 aliphatic carbocycles. The zero-order chi connectivity index (χ0) is 23.8. The molecule has 0 radical (unpaired) electrons. The van der Waals surface area contributed by atoms with Crippen molar-refractivity contribution in [2.24, 2.45) is 0 Å². The molecule has 1 atom stereocenters. The van der Waals surface area contributed by atoms with E-state index in [0.717, 1.165) is 5.56 Å². The zero-order valence-corrected chi connectivity index (χ0v) is 17.9. The highest BCUT2D eigenvalue weighted by molar-refractivity contribution is 6.01. The lowest BCUT2D eigenvalue weighted by molar-refractivity contribution is -0.384. The third-order valence-electron chi connectivity index (χ3n) is 4.81. The van der Waals surface area contributed by atoms with Gasteiger partial charge in [-0.3, -0.25) is 24.5 Å². The minimum atomic E-state index is -1.29. The van der Waals surface area contributed by atoms with Crippen molar-refractivity contribution in [1.29, 1.82) is 0 Å². The number of anilines is 1. The Labute approximate surface area is 190 Å². The first kappa shape index (κ1) is 23.3. The van der Waals surface area contributed by atoms with Gasteiger partial charge in [-0.1, -0.05) is 42.5 Å². The van der Waals surface area contributed by atoms with Crippen molar-refractivity contribution in [3.05, 3.63) is 106 Å². The quantitative estimate of drug-likeness (QED) is 0.219. The molecular formula is C25H22N2O6. The summed E-state index contributed by atoms with van der Waals surface area (Å²) in [5.41, 5.74) is 2.08. The largest absolute Gasteiger partial charge is 0.449 e. The van der Waals surface area contributed by atoms with Crippen molar-refractivity contribution < 1.29 is 24.0 Å². The van der Waals surface area contributed by atoms with E-state index in [2.05, 4.69) is 5.32 Å². The highest BCUT2D eigenvalue weighted by Crippen LogP contribution is 2.25. The van der Waals surface area contributed by atoms with Gasteiger partial charge in [-0.25, -0.2) is 0 Å². The summed E-state index contributed by atoms with van der Waals surface area (Å²) >= 11 is 0. The number of nitro groups is 1. The van der Waals surface area contributed by atoms with Gasteiger partial charge in [0.15, 0.2) is 6.10 Å². The third kappa shape index (κ3) is 6.57. The average molecular weight is 446 g/mol. The van der Waals surface area contributed by atoms with E-state index in [0.29, 0.717) is 16.8 Å². The summed E-state index contributed by atoms with van der Waals surface area (Å²) in [5.74, 6) is -1.57. The van der Waals surface area contributed by atoms with Crippen LogP contribution in [0.15, 0.2) is 78.9 Å². The molecule has 0 unspecified atom stereocenters. The van der Waals surface area contributed by atoms with Gasteiger partial charge >= 0.3 is 5.97 Å². The minimum Gasteiger partial charge on any atom is -0.449 e. The SMILES string of the molecule is Cc1cccc(NC(=O)CCC(=O)O[C@@H](C(=O)c2ccccc2)c2ccc([N+](=O)[O-])cc2)c1. The van der Waals surface area contributed by atoms with E-state index < -0.39 is 22.8 Å². The summed E-state index contributed by atoms with van der Waals surface area (Å²) < 4.78 is 5.43. The van der Waals surface area contributed by atoms with Crippen LogP contribution in [0.3, 0.4) is 0 Å². The molecule has 0 aromatic heterocycles. The van der Waals surface area contributed by atoms with E-state index >= 15 is 0 Å². The topological polar surface area (TPSA) is 116 Å². The Bertz CT molecular complexity index is 1160. The molecule has 0 aliphatic heterocycles. The van der Waals surface area contributed by atoms with Crippen LogP contribution in [0.2, 0.25) is 0 Å². The van der Waals surface area contributed by atoms with E-state index in [1.54, 1.807) is 42.5 Å². The standard InChI is InChI=1S/C25H22N2O6/c1-17-6-5-9-20(16-17)26-22(28)14-15-23(29)33-25(24(30)18-7-3-2-4-8-18)19-10-12-21(13-11-19)27(31)32/h2-13,16,25H,14-15H2,1H3,(H,26,28)/t25-/m1/s1. The number of nitrogens with zero attached hydrogens (tertiary/aromatic N) is 1. The van der Waals surface area contributed by atoms with Crippen LogP contribution >= 0.6 is 0 Å². The Kier molecular flexibility index (Phi) is 7.64. The molecule has 0 fully saturated rings. The zero-order valence-electron chi connectivity index (χ0n) is 17.9. The lowest BCUT2D eigenvalue weighted by Crippen LogP contribution is -2.21. The van der Waals surface area contributed by atoms with E-state index in [1.165, 1.54) is 24.3 Å². The van der Waals surface area contributed by atoms with Gasteiger partial charge < -0.3 is 10.1 Å². The number of hydrogen-bond acceptors (Lipinski definition) is 6. The van der Waals surface area contributed by atoms with Crippen LogP contribution in [0.25, 0.3) is 0 Å². The number of nitrogens with one attached hydrogen (secondary N) is 1. The Morgan fingerprint density at radius 1 is 0.939 bits per heavy atom. The van der Waals surface area contributed by atoms with Gasteiger partial charge in [0, 0.05) is 35.4 Å². The van der Waals surface area contributed by atoms with Crippen LogP contribution in [-0.2, 0) is 14.3 Å². The maximum Gasteiger partial charge on any atom is 0.307 e. The molecule has 33 heavy (non-hydrogen) atoms. The van der Waals surface area contributed by atoms with Crippen LogP contribution in [0, 0.1) is 17.0 Å². The molecule has 0 bridgehead atoms. The first-order valence-electron chi connectivity index (χ1n) is 10.2. The highest BCUT2D eigenvalue weighted by Gasteiger charge is 2.27. The maximum atomic E-state index is 13.0. The summed E-state index contributed by atoms with van der Waals surface area (Å²) in [6.07, 6.45) is -1.65. The van der Waals surface area contributed by atoms with Gasteiger partial charge in [0.25, 0.3) is 5.69 Å². The Balaban J connectivity index is 1.69. The number of ketones is 1. The van der Waals surface area contributed by atoms with E-state index in [1.807, 2.05) is 19.1 Å². The van der Waals surface area contributed by atoms with Gasteiger partial charge in [0.05, 0.1) is 11.3 Å². The smallest absolute Gasteiger partial charge is 0.307 e. The van der Waals surface area contributed by atoms with E-state index in [-0.39, 0.29) is 24.4 Å². The molecule has 0 heterocycles. The van der Waals surface area contributed by atoms with Gasteiger partial charge in [-0.15, -0.1) is 0 Å². The van der Waals surface area contributed by atoms with Crippen LogP contribution in [-0.4, -0.2) is 22.6 Å². The first-order valence-corrected chi connectivity index (χ1v) is 10.2. The summed E-state index contributed by atoms with van der Waals surface area (Å²) in [4.78, 5) is 48.1. The van der Waals surface area contributed by atoms with Crippen molar-refractivity contribution in [3.8, 4) is 0 Å². The molecule has 8 heteroatoms. The van der Waals surface area contributed by atoms with E-state index in [4.69, 9.17) is 4.74 Å². The fourth-order valence-electron chi connectivity index (χ4n) is 3.15. The molecule has 1 N–H and O–H groups in total. The number of benzene rings is 3. The van der Waals surface area contributed by atoms with Crippen molar-refractivity contribution in [1.82, 2.24) is 0 Å². The molecule has 0 aliphatic rings. The number of hydrogen-bond donors (Lipinski definition) is 1. The number of nitro benzene ring substituents is 1. The number of esters is 1. The molecule has 3 rings (SSSR count). The first-order chi connectivity index (χ1) is 15.8. The minimum absolute atomic E-state index is 0.126. The molecule has 8 nitrogen and oxygen atoms in total. The molecule has 0 saturated heterocycles. The second kappa shape index (κ2) is 10.8. The number of carbonyl (C=O) groups excluding carboxylic acids is 3. The van der Waals surface area contributed by atoms with Crippen molar-refractivity contribution in [3.63, 3.8) is 0 Å². The summed E-state index contributed by atoms with van der Waals surface area (Å²) in [7, 11) is 0. The van der Waals surface area contributed by atoms with Crippen LogP contribution < -0.4 is 5.32 Å². The highest BCUT2D eigenvalue weighted by atomic mass is 16.6. The number of aryl methyl sites for hydroxylation is 1. The van der Waals surface area contributed by atoms with Crippen molar-refractivity contribution in [2.45, 2.75) is 25.9 Å². The Hall–Kier alpha value is -4.33. The lowest BCUT2D eigenvalue weighted by Gasteiger charge is -2.17. The van der Waals surface area contributed by atoms with Gasteiger partial charge in [-0.2, -0.15) is 0 Å². The van der Waals surface area contributed by atoms with Crippen LogP contribution in [0.4, 0.5) is 11.4 Å². The normalized spacial score (nSPS) is 11.3. The van der Waals surface area contributed by atoms with E-state index in [9.17, 15) is 24.5 Å². The summed E-state index contributed by atoms with van der Waals surface area (Å²) in [5, 5.41) is 13.6. The van der Waals surface area contributed by atoms with Crippen LogP contribution in [0.1, 0.15) is 40.4 Å². The number of non-ortho nitro benzene ring substituents is 1. The van der Waals surface area contributed by atoms with Crippen LogP contribution in [0.5, 0.6) is 0 Å². The molecule has 168 valence electrons. The number of carbonyl (C=O) groups is 3. The third-order valence-corrected chi connectivity index (χ3v) is 4.81. The molecule has 3 aromatic rings. The number of ether oxygens (including phenoxy) is 1. The molecule has 0 saturated carbocycles. The summed E-state index contributed by atoms with van der Waals surface area (Å²) in [6, 6.07) is 20.8. The van der Waals surface area contributed by atoms with Gasteiger partial charge in [0.1, 0.15) is 0 Å². The molecule has 0 spiro atoms. The lowest BCUT2D eigenvalue weighted by atomic mass is 9.99. The molecule has 1 amide bonds. The van der Waals surface area contributed by atoms with Crippen molar-refractivity contribution in [2.75, 3.05) is 5.32 Å². The number of amides is 1. The average Bonchev–Trinajstić information content (AvgIpc) is 2.81. The number of rotatable bonds is 9. The predicted molar refractivity (Wildman–Crippen MR) is 122 cm³/mol. The molecular weight excluding hydrogens is 424 g/mol. The number of Topliss-reactive ketones (excluding diaryl/α,β-unsaturated/α-hetero) is 1. The monoisotopic (exact) mass is 446 g/mol. The fraction of sp³-hybridized carbons (Fsp3) is 0.160. The Morgan fingerprint density at radius 3 is 2.27 bits per heavy atom. The Morgan fingerprint density at radius 2 is 1.64 bits per heavy atom. The van der Waals surface area contributed by atoms with Gasteiger partial charge in [-0.05, 0) is 36.8 Å². The fourth-order valence-corrected chi connectivity index (χ4v) is 3.15. The second-order valence-corrected chi connectivity index (χ2v) is 7.37. The summed E-state index contributed by atoms with van der Waals surface area (Å²) in [6.45, 7) is 1.90. The van der Waals surface area contributed by atoms with Crippen molar-refractivity contribution >= 4 is 29.0 Å². The van der Waals surface area contributed by atoms with Gasteiger partial charge in [0.2, 0.25) is 11.7 Å². The second-order valence-electron chi connectivity index (χ2n) is 7.37.